The van der Waals surface area contributed by atoms with Gasteiger partial charge in [0.25, 0.3) is 0 Å². The summed E-state index contributed by atoms with van der Waals surface area (Å²) in [5.41, 5.74) is 0. The van der Waals surface area contributed by atoms with Crippen molar-refractivity contribution in [1.82, 2.24) is 0 Å². The zero-order chi connectivity index (χ0) is 10.0. The minimum Gasteiger partial charge on any atom is -0.287 e. The van der Waals surface area contributed by atoms with Gasteiger partial charge in [-0.05, 0) is 19.8 Å². The first kappa shape index (κ1) is 10.6. The van der Waals surface area contributed by atoms with Crippen molar-refractivity contribution < 1.29 is 18.1 Å². The Labute approximate surface area is 84.5 Å². The Morgan fingerprint density at radius 3 is 3.00 bits per heavy atom. The molecule has 3 atom stereocenters. The highest BCUT2D eigenvalue weighted by Gasteiger charge is 2.41. The lowest BCUT2D eigenvalue weighted by Gasteiger charge is -2.37. The molecule has 1 saturated carbocycles. The Bertz CT molecular complexity index is 243. The molecule has 0 amide bonds. The van der Waals surface area contributed by atoms with Crippen molar-refractivity contribution >= 4 is 7.82 Å². The molecular weight excluding hydrogens is 203 g/mol. The van der Waals surface area contributed by atoms with Gasteiger partial charge in [0, 0.05) is 5.92 Å². The zero-order valence-electron chi connectivity index (χ0n) is 8.48. The first-order valence-corrected chi connectivity index (χ1v) is 6.77. The third-order valence-electron chi connectivity index (χ3n) is 2.84. The number of hydrogen-bond donors (Lipinski definition) is 0. The van der Waals surface area contributed by atoms with Gasteiger partial charge in [0.2, 0.25) is 0 Å². The van der Waals surface area contributed by atoms with Gasteiger partial charge in [-0.1, -0.05) is 12.8 Å². The molecule has 1 saturated heterocycles. The minimum atomic E-state index is -3.20. The summed E-state index contributed by atoms with van der Waals surface area (Å²) in [6.45, 7) is 2.69. The topological polar surface area (TPSA) is 44.8 Å². The normalized spacial score (nSPS) is 43.2. The minimum absolute atomic E-state index is 0.0925. The zero-order valence-corrected chi connectivity index (χ0v) is 9.37. The molecule has 0 aromatic heterocycles. The Kier molecular flexibility index (Phi) is 3.27. The molecule has 0 spiro atoms. The van der Waals surface area contributed by atoms with Crippen molar-refractivity contribution in [2.24, 2.45) is 5.92 Å². The maximum atomic E-state index is 11.8. The molecule has 2 rings (SSSR count). The largest absolute Gasteiger partial charge is 0.475 e. The fourth-order valence-electron chi connectivity index (χ4n) is 2.11. The molecule has 1 aliphatic carbocycles. The summed E-state index contributed by atoms with van der Waals surface area (Å²) in [7, 11) is -3.20. The van der Waals surface area contributed by atoms with Crippen LogP contribution in [0.25, 0.3) is 0 Å². The number of hydrogen-bond acceptors (Lipinski definition) is 4. The van der Waals surface area contributed by atoms with Crippen LogP contribution in [0.4, 0.5) is 0 Å². The molecule has 0 aromatic carbocycles. The summed E-state index contributed by atoms with van der Waals surface area (Å²) in [5.74, 6) is 0.422. The average molecular weight is 220 g/mol. The van der Waals surface area contributed by atoms with Gasteiger partial charge in [0.05, 0.1) is 19.3 Å². The monoisotopic (exact) mass is 220 g/mol. The lowest BCUT2D eigenvalue weighted by atomic mass is 9.87. The third kappa shape index (κ3) is 2.19. The van der Waals surface area contributed by atoms with Crippen LogP contribution in [0, 0.1) is 5.92 Å². The highest BCUT2D eigenvalue weighted by atomic mass is 31.2. The predicted octanol–water partition coefficient (Wildman–Crippen LogP) is 2.74. The van der Waals surface area contributed by atoms with E-state index >= 15 is 0 Å². The van der Waals surface area contributed by atoms with Crippen LogP contribution in [0.5, 0.6) is 0 Å². The van der Waals surface area contributed by atoms with Crippen molar-refractivity contribution in [1.29, 1.82) is 0 Å². The van der Waals surface area contributed by atoms with Crippen molar-refractivity contribution in [3.63, 3.8) is 0 Å². The molecule has 2 aliphatic rings. The highest BCUT2D eigenvalue weighted by Crippen LogP contribution is 2.56. The van der Waals surface area contributed by atoms with Crippen LogP contribution >= 0.6 is 7.82 Å². The Morgan fingerprint density at radius 1 is 1.43 bits per heavy atom. The maximum Gasteiger partial charge on any atom is 0.475 e. The second-order valence-corrected chi connectivity index (χ2v) is 5.47. The molecule has 5 heteroatoms. The van der Waals surface area contributed by atoms with Gasteiger partial charge >= 0.3 is 7.82 Å². The summed E-state index contributed by atoms with van der Waals surface area (Å²) in [4.78, 5) is 0. The Balaban J connectivity index is 1.98. The van der Waals surface area contributed by atoms with Gasteiger partial charge in [0.1, 0.15) is 0 Å². The molecule has 0 radical (unpaired) electrons. The highest BCUT2D eigenvalue weighted by molar-refractivity contribution is 7.48. The molecule has 1 aliphatic heterocycles. The van der Waals surface area contributed by atoms with Crippen LogP contribution in [-0.4, -0.2) is 19.3 Å². The lowest BCUT2D eigenvalue weighted by molar-refractivity contribution is -0.0295. The van der Waals surface area contributed by atoms with Gasteiger partial charge in [-0.3, -0.25) is 13.6 Å². The predicted molar refractivity (Wildman–Crippen MR) is 52.0 cm³/mol. The standard InChI is InChI=1S/C9H17O4P/c1-2-11-14(10)12-7-8-5-3-4-6-9(8)13-14/h8-9H,2-7H2,1H3/t8-,9+,14+/m1/s1. The van der Waals surface area contributed by atoms with Crippen LogP contribution in [0.15, 0.2) is 0 Å². The van der Waals surface area contributed by atoms with E-state index < -0.39 is 7.82 Å². The summed E-state index contributed by atoms with van der Waals surface area (Å²) < 4.78 is 27.5. The van der Waals surface area contributed by atoms with E-state index in [-0.39, 0.29) is 6.10 Å². The van der Waals surface area contributed by atoms with E-state index in [0.717, 1.165) is 19.3 Å². The van der Waals surface area contributed by atoms with Crippen molar-refractivity contribution in [3.8, 4) is 0 Å². The first-order chi connectivity index (χ1) is 6.73. The second-order valence-electron chi connectivity index (χ2n) is 3.85. The summed E-state index contributed by atoms with van der Waals surface area (Å²) in [6, 6.07) is 0. The number of rotatable bonds is 2. The van der Waals surface area contributed by atoms with Crippen molar-refractivity contribution in [2.45, 2.75) is 38.7 Å². The SMILES string of the molecule is CCO[P@@]1(=O)OC[C@H]2CCCC[C@@H]2O1. The van der Waals surface area contributed by atoms with Gasteiger partial charge in [-0.25, -0.2) is 4.57 Å². The quantitative estimate of drug-likeness (QED) is 0.671. The van der Waals surface area contributed by atoms with Crippen molar-refractivity contribution in [2.75, 3.05) is 13.2 Å². The maximum absolute atomic E-state index is 11.8. The van der Waals surface area contributed by atoms with E-state index in [9.17, 15) is 4.57 Å². The molecule has 1 heterocycles. The molecule has 14 heavy (non-hydrogen) atoms. The van der Waals surface area contributed by atoms with Gasteiger partial charge < -0.3 is 0 Å². The van der Waals surface area contributed by atoms with E-state index in [1.807, 2.05) is 0 Å². The Hall–Kier alpha value is 0.110. The average Bonchev–Trinajstić information content (AvgIpc) is 2.17. The Morgan fingerprint density at radius 2 is 2.21 bits per heavy atom. The van der Waals surface area contributed by atoms with Gasteiger partial charge in [-0.2, -0.15) is 0 Å². The summed E-state index contributed by atoms with van der Waals surface area (Å²) >= 11 is 0. The van der Waals surface area contributed by atoms with Crippen LogP contribution in [0.3, 0.4) is 0 Å². The molecule has 0 aromatic rings. The van der Waals surface area contributed by atoms with E-state index in [1.54, 1.807) is 6.92 Å². The van der Waals surface area contributed by atoms with Crippen LogP contribution < -0.4 is 0 Å². The molecule has 0 bridgehead atoms. The second kappa shape index (κ2) is 4.31. The number of fused-ring (bicyclic) bond motifs is 1. The third-order valence-corrected chi connectivity index (χ3v) is 4.41. The molecule has 0 N–H and O–H groups in total. The van der Waals surface area contributed by atoms with E-state index in [0.29, 0.717) is 19.1 Å². The first-order valence-electron chi connectivity index (χ1n) is 5.31. The fraction of sp³-hybridized carbons (Fsp3) is 1.00. The van der Waals surface area contributed by atoms with Crippen LogP contribution in [0.2, 0.25) is 0 Å². The molecule has 2 fully saturated rings. The molecule has 0 unspecified atom stereocenters. The van der Waals surface area contributed by atoms with Crippen LogP contribution in [-0.2, 0) is 18.1 Å². The summed E-state index contributed by atoms with van der Waals surface area (Å²) in [6.07, 6.45) is 4.59. The van der Waals surface area contributed by atoms with Crippen molar-refractivity contribution in [3.05, 3.63) is 0 Å². The van der Waals surface area contributed by atoms with E-state index in [4.69, 9.17) is 13.6 Å². The smallest absolute Gasteiger partial charge is 0.287 e. The van der Waals surface area contributed by atoms with E-state index in [2.05, 4.69) is 0 Å². The van der Waals surface area contributed by atoms with Crippen LogP contribution in [0.1, 0.15) is 32.6 Å². The number of phosphoric acid groups is 1. The number of phosphoric ester groups is 1. The van der Waals surface area contributed by atoms with Gasteiger partial charge in [-0.15, -0.1) is 0 Å². The van der Waals surface area contributed by atoms with E-state index in [1.165, 1.54) is 6.42 Å². The molecule has 82 valence electrons. The lowest BCUT2D eigenvalue weighted by Crippen LogP contribution is -2.34. The fourth-order valence-corrected chi connectivity index (χ4v) is 3.61. The molecular formula is C9H17O4P. The summed E-state index contributed by atoms with van der Waals surface area (Å²) in [5, 5.41) is 0. The van der Waals surface area contributed by atoms with Gasteiger partial charge in [0.15, 0.2) is 0 Å². The molecule has 4 nitrogen and oxygen atoms in total.